The first kappa shape index (κ1) is 13.6. The summed E-state index contributed by atoms with van der Waals surface area (Å²) in [5.74, 6) is -0.278. The van der Waals surface area contributed by atoms with Gasteiger partial charge in [0.25, 0.3) is 0 Å². The summed E-state index contributed by atoms with van der Waals surface area (Å²) in [6, 6.07) is 5.91. The van der Waals surface area contributed by atoms with Gasteiger partial charge >= 0.3 is 5.97 Å². The highest BCUT2D eigenvalue weighted by molar-refractivity contribution is 5.93. The summed E-state index contributed by atoms with van der Waals surface area (Å²) in [6.45, 7) is 6.94. The molecule has 19 heavy (non-hydrogen) atoms. The fourth-order valence-corrected chi connectivity index (χ4v) is 2.72. The number of hydrogen-bond donors (Lipinski definition) is 0. The molecule has 0 fully saturated rings. The maximum atomic E-state index is 11.8. The second kappa shape index (κ2) is 5.03. The summed E-state index contributed by atoms with van der Waals surface area (Å²) in [5, 5.41) is 0. The van der Waals surface area contributed by atoms with Gasteiger partial charge in [-0.25, -0.2) is 0 Å². The molecule has 0 aliphatic carbocycles. The third-order valence-electron chi connectivity index (χ3n) is 3.43. The number of benzene rings is 1. The molecule has 0 aromatic heterocycles. The van der Waals surface area contributed by atoms with E-state index >= 15 is 0 Å². The van der Waals surface area contributed by atoms with E-state index in [0.29, 0.717) is 6.42 Å². The van der Waals surface area contributed by atoms with Crippen LogP contribution in [0.25, 0.3) is 0 Å². The van der Waals surface area contributed by atoms with Gasteiger partial charge in [0.15, 0.2) is 0 Å². The molecule has 1 aliphatic rings. The van der Waals surface area contributed by atoms with Crippen LogP contribution in [-0.2, 0) is 14.3 Å². The molecule has 0 saturated heterocycles. The van der Waals surface area contributed by atoms with Crippen molar-refractivity contribution in [1.82, 2.24) is 0 Å². The molecule has 1 heterocycles. The number of nitrogens with zero attached hydrogens (tertiary/aromatic N) is 1. The molecule has 1 aromatic rings. The van der Waals surface area contributed by atoms with Gasteiger partial charge in [-0.3, -0.25) is 9.59 Å². The van der Waals surface area contributed by atoms with E-state index in [1.807, 2.05) is 32.0 Å². The maximum absolute atomic E-state index is 11.8. The predicted octanol–water partition coefficient (Wildman–Crippen LogP) is 2.74. The van der Waals surface area contributed by atoms with E-state index in [9.17, 15) is 9.59 Å². The average Bonchev–Trinajstić information content (AvgIpc) is 2.28. The molecule has 1 amide bonds. The largest absolute Gasteiger partial charge is 0.458 e. The standard InChI is InChI=1S/C15H19NO3/c1-9-5-6-14-13(7-9)15(19-12(4)18)8-10(2)16(14)11(3)17/h5-7,10,15H,8H2,1-4H3. The third-order valence-corrected chi connectivity index (χ3v) is 3.43. The lowest BCUT2D eigenvalue weighted by Crippen LogP contribution is -2.42. The number of rotatable bonds is 1. The topological polar surface area (TPSA) is 46.6 Å². The van der Waals surface area contributed by atoms with Crippen molar-refractivity contribution >= 4 is 17.6 Å². The van der Waals surface area contributed by atoms with E-state index in [-0.39, 0.29) is 24.0 Å². The summed E-state index contributed by atoms with van der Waals surface area (Å²) < 4.78 is 5.39. The van der Waals surface area contributed by atoms with Crippen LogP contribution < -0.4 is 4.90 Å². The zero-order valence-corrected chi connectivity index (χ0v) is 11.8. The molecule has 102 valence electrons. The van der Waals surface area contributed by atoms with Crippen LogP contribution in [0.2, 0.25) is 0 Å². The highest BCUT2D eigenvalue weighted by Crippen LogP contribution is 2.39. The Balaban J connectivity index is 2.49. The lowest BCUT2D eigenvalue weighted by Gasteiger charge is -2.38. The number of ether oxygens (including phenoxy) is 1. The molecule has 4 nitrogen and oxygen atoms in total. The van der Waals surface area contributed by atoms with Crippen molar-refractivity contribution in [2.75, 3.05) is 4.90 Å². The van der Waals surface area contributed by atoms with Gasteiger partial charge in [0.2, 0.25) is 5.91 Å². The van der Waals surface area contributed by atoms with Gasteiger partial charge in [0, 0.05) is 31.9 Å². The minimum Gasteiger partial charge on any atom is -0.458 e. The smallest absolute Gasteiger partial charge is 0.303 e. The van der Waals surface area contributed by atoms with Gasteiger partial charge in [0.05, 0.1) is 5.69 Å². The quantitative estimate of drug-likeness (QED) is 0.730. The van der Waals surface area contributed by atoms with E-state index in [2.05, 4.69) is 0 Å². The van der Waals surface area contributed by atoms with Crippen LogP contribution in [0.1, 0.15) is 44.4 Å². The van der Waals surface area contributed by atoms with Crippen molar-refractivity contribution in [3.8, 4) is 0 Å². The minimum atomic E-state index is -0.291. The Morgan fingerprint density at radius 2 is 2.00 bits per heavy atom. The molecular weight excluding hydrogens is 242 g/mol. The molecule has 4 heteroatoms. The van der Waals surface area contributed by atoms with Crippen LogP contribution in [0.15, 0.2) is 18.2 Å². The normalized spacial score (nSPS) is 21.8. The molecule has 0 N–H and O–H groups in total. The van der Waals surface area contributed by atoms with Gasteiger partial charge in [-0.2, -0.15) is 0 Å². The monoisotopic (exact) mass is 261 g/mol. The van der Waals surface area contributed by atoms with E-state index in [4.69, 9.17) is 4.74 Å². The van der Waals surface area contributed by atoms with Gasteiger partial charge in [-0.15, -0.1) is 0 Å². The Morgan fingerprint density at radius 1 is 1.32 bits per heavy atom. The molecule has 2 rings (SSSR count). The van der Waals surface area contributed by atoms with Crippen LogP contribution in [0.4, 0.5) is 5.69 Å². The Hall–Kier alpha value is -1.84. The Kier molecular flexibility index (Phi) is 3.60. The van der Waals surface area contributed by atoms with E-state index in [0.717, 1.165) is 16.8 Å². The Labute approximate surface area is 113 Å². The van der Waals surface area contributed by atoms with Crippen molar-refractivity contribution in [2.24, 2.45) is 0 Å². The summed E-state index contributed by atoms with van der Waals surface area (Å²) in [6.07, 6.45) is 0.369. The zero-order chi connectivity index (χ0) is 14.2. The number of carbonyl (C=O) groups excluding carboxylic acids is 2. The lowest BCUT2D eigenvalue weighted by atomic mass is 9.92. The second-order valence-electron chi connectivity index (χ2n) is 5.13. The molecule has 0 spiro atoms. The number of amides is 1. The lowest BCUT2D eigenvalue weighted by molar-refractivity contribution is -0.147. The van der Waals surface area contributed by atoms with Crippen LogP contribution in [0, 0.1) is 6.92 Å². The summed E-state index contributed by atoms with van der Waals surface area (Å²) in [5.41, 5.74) is 2.86. The van der Waals surface area contributed by atoms with Crippen molar-refractivity contribution in [3.05, 3.63) is 29.3 Å². The fourth-order valence-electron chi connectivity index (χ4n) is 2.72. The van der Waals surface area contributed by atoms with Gasteiger partial charge in [-0.1, -0.05) is 17.7 Å². The summed E-state index contributed by atoms with van der Waals surface area (Å²) in [7, 11) is 0. The first-order valence-corrected chi connectivity index (χ1v) is 6.47. The molecular formula is C15H19NO3. The van der Waals surface area contributed by atoms with Crippen molar-refractivity contribution in [2.45, 2.75) is 46.3 Å². The van der Waals surface area contributed by atoms with E-state index in [1.54, 1.807) is 11.8 Å². The molecule has 2 atom stereocenters. The van der Waals surface area contributed by atoms with Crippen molar-refractivity contribution in [1.29, 1.82) is 0 Å². The second-order valence-corrected chi connectivity index (χ2v) is 5.13. The van der Waals surface area contributed by atoms with Crippen LogP contribution in [0.5, 0.6) is 0 Å². The van der Waals surface area contributed by atoms with Gasteiger partial charge < -0.3 is 9.64 Å². The number of fused-ring (bicyclic) bond motifs is 1. The SMILES string of the molecule is CC(=O)OC1CC(C)N(C(C)=O)c2ccc(C)cc21. The van der Waals surface area contributed by atoms with Crippen LogP contribution >= 0.6 is 0 Å². The zero-order valence-electron chi connectivity index (χ0n) is 11.8. The molecule has 0 bridgehead atoms. The van der Waals surface area contributed by atoms with Crippen LogP contribution in [0.3, 0.4) is 0 Å². The number of esters is 1. The number of anilines is 1. The third kappa shape index (κ3) is 2.62. The highest BCUT2D eigenvalue weighted by Gasteiger charge is 2.33. The van der Waals surface area contributed by atoms with Crippen molar-refractivity contribution in [3.63, 3.8) is 0 Å². The van der Waals surface area contributed by atoms with Crippen LogP contribution in [-0.4, -0.2) is 17.9 Å². The van der Waals surface area contributed by atoms with Gasteiger partial charge in [0.1, 0.15) is 6.10 Å². The molecule has 1 aliphatic heterocycles. The molecule has 2 unspecified atom stereocenters. The molecule has 1 aromatic carbocycles. The average molecular weight is 261 g/mol. The van der Waals surface area contributed by atoms with Crippen molar-refractivity contribution < 1.29 is 14.3 Å². The van der Waals surface area contributed by atoms with E-state index < -0.39 is 0 Å². The predicted molar refractivity (Wildman–Crippen MR) is 72.9 cm³/mol. The molecule has 0 saturated carbocycles. The summed E-state index contributed by atoms with van der Waals surface area (Å²) >= 11 is 0. The number of aryl methyl sites for hydroxylation is 1. The summed E-state index contributed by atoms with van der Waals surface area (Å²) in [4.78, 5) is 24.8. The molecule has 0 radical (unpaired) electrons. The maximum Gasteiger partial charge on any atom is 0.303 e. The van der Waals surface area contributed by atoms with E-state index in [1.165, 1.54) is 6.92 Å². The Morgan fingerprint density at radius 3 is 2.58 bits per heavy atom. The number of carbonyl (C=O) groups is 2. The highest BCUT2D eigenvalue weighted by atomic mass is 16.5. The van der Waals surface area contributed by atoms with Gasteiger partial charge in [-0.05, 0) is 19.9 Å². The Bertz CT molecular complexity index is 524. The fraction of sp³-hybridized carbons (Fsp3) is 0.467. The first-order chi connectivity index (χ1) is 8.90. The number of hydrogen-bond acceptors (Lipinski definition) is 3. The first-order valence-electron chi connectivity index (χ1n) is 6.47. The minimum absolute atomic E-state index is 0.0129.